The van der Waals surface area contributed by atoms with Crippen molar-refractivity contribution in [2.45, 2.75) is 76.7 Å². The standard InChI is InChI=1S/C36H31F10NO2/c1-2-3-4-5-20-6-8-21(9-7-20)23-11-13-32(47-19-23)22-10-12-26(27(37)14-22)24-15-28(38)33(29(39)16-24)35(42,43)48-25-17-30(40)34(31(41)18-25)49-36(44,45)46/h10-21H,2-9H2,1H3. The second-order valence-electron chi connectivity index (χ2n) is 12.1. The van der Waals surface area contributed by atoms with E-state index in [1.165, 1.54) is 50.7 Å². The van der Waals surface area contributed by atoms with Crippen LogP contribution in [0.5, 0.6) is 11.5 Å². The van der Waals surface area contributed by atoms with Crippen LogP contribution in [0.15, 0.2) is 60.8 Å². The number of halogens is 10. The zero-order chi connectivity index (χ0) is 35.5. The van der Waals surface area contributed by atoms with Gasteiger partial charge >= 0.3 is 12.5 Å². The van der Waals surface area contributed by atoms with Crippen molar-refractivity contribution in [3.63, 3.8) is 0 Å². The van der Waals surface area contributed by atoms with Crippen molar-refractivity contribution in [3.05, 3.63) is 101 Å². The Hall–Kier alpha value is -4.29. The number of aromatic nitrogens is 1. The maximum Gasteiger partial charge on any atom is 0.573 e. The molecule has 1 heterocycles. The highest BCUT2D eigenvalue weighted by atomic mass is 19.4. The topological polar surface area (TPSA) is 31.4 Å². The van der Waals surface area contributed by atoms with Crippen LogP contribution in [-0.4, -0.2) is 11.3 Å². The Balaban J connectivity index is 1.29. The number of benzene rings is 3. The van der Waals surface area contributed by atoms with Gasteiger partial charge < -0.3 is 9.47 Å². The third kappa shape index (κ3) is 8.66. The molecule has 0 atom stereocenters. The number of rotatable bonds is 11. The Morgan fingerprint density at radius 3 is 1.88 bits per heavy atom. The van der Waals surface area contributed by atoms with E-state index in [4.69, 9.17) is 0 Å². The highest BCUT2D eigenvalue weighted by molar-refractivity contribution is 5.70. The first kappa shape index (κ1) is 36.0. The average Bonchev–Trinajstić information content (AvgIpc) is 3.02. The van der Waals surface area contributed by atoms with Crippen LogP contribution in [0.1, 0.15) is 75.3 Å². The molecule has 1 aliphatic carbocycles. The van der Waals surface area contributed by atoms with Crippen molar-refractivity contribution in [2.75, 3.05) is 0 Å². The Kier molecular flexibility index (Phi) is 10.8. The Labute approximate surface area is 275 Å². The van der Waals surface area contributed by atoms with Crippen molar-refractivity contribution in [1.82, 2.24) is 4.98 Å². The smallest absolute Gasteiger partial charge is 0.429 e. The molecular weight excluding hydrogens is 668 g/mol. The molecule has 3 aromatic carbocycles. The monoisotopic (exact) mass is 699 g/mol. The molecule has 4 aromatic rings. The van der Waals surface area contributed by atoms with Gasteiger partial charge in [0, 0.05) is 29.5 Å². The third-order valence-corrected chi connectivity index (χ3v) is 8.67. The molecule has 5 rings (SSSR count). The van der Waals surface area contributed by atoms with Crippen LogP contribution >= 0.6 is 0 Å². The van der Waals surface area contributed by atoms with Gasteiger partial charge in [-0.05, 0) is 72.9 Å². The number of hydrogen-bond acceptors (Lipinski definition) is 3. The molecule has 1 saturated carbocycles. The van der Waals surface area contributed by atoms with Gasteiger partial charge in [0.2, 0.25) is 5.75 Å². The van der Waals surface area contributed by atoms with Crippen molar-refractivity contribution in [2.24, 2.45) is 5.92 Å². The zero-order valence-corrected chi connectivity index (χ0v) is 26.1. The molecule has 0 spiro atoms. The summed E-state index contributed by atoms with van der Waals surface area (Å²) in [5, 5.41) is 0. The molecule has 0 bridgehead atoms. The van der Waals surface area contributed by atoms with Crippen LogP contribution in [0.4, 0.5) is 43.9 Å². The fraction of sp³-hybridized carbons (Fsp3) is 0.361. The maximum atomic E-state index is 15.2. The van der Waals surface area contributed by atoms with Gasteiger partial charge in [-0.3, -0.25) is 4.98 Å². The highest BCUT2D eigenvalue weighted by Gasteiger charge is 2.42. The summed E-state index contributed by atoms with van der Waals surface area (Å²) in [5.41, 5.74) is -0.831. The molecule has 49 heavy (non-hydrogen) atoms. The van der Waals surface area contributed by atoms with Gasteiger partial charge in [0.25, 0.3) is 0 Å². The summed E-state index contributed by atoms with van der Waals surface area (Å²) >= 11 is 0. The lowest BCUT2D eigenvalue weighted by Crippen LogP contribution is -2.25. The molecular formula is C36H31F10NO2. The highest BCUT2D eigenvalue weighted by Crippen LogP contribution is 2.41. The summed E-state index contributed by atoms with van der Waals surface area (Å²) in [7, 11) is 0. The van der Waals surface area contributed by atoms with Crippen molar-refractivity contribution >= 4 is 0 Å². The Bertz CT molecular complexity index is 1720. The quantitative estimate of drug-likeness (QED) is 0.115. The molecule has 0 unspecified atom stereocenters. The predicted molar refractivity (Wildman–Crippen MR) is 161 cm³/mol. The van der Waals surface area contributed by atoms with Gasteiger partial charge in [-0.15, -0.1) is 13.2 Å². The van der Waals surface area contributed by atoms with Gasteiger partial charge in [-0.1, -0.05) is 50.8 Å². The average molecular weight is 700 g/mol. The van der Waals surface area contributed by atoms with E-state index in [1.807, 2.05) is 6.07 Å². The molecule has 1 aliphatic rings. The van der Waals surface area contributed by atoms with E-state index in [2.05, 4.69) is 21.4 Å². The fourth-order valence-corrected chi connectivity index (χ4v) is 6.21. The molecule has 0 amide bonds. The van der Waals surface area contributed by atoms with Crippen LogP contribution in [0, 0.1) is 35.0 Å². The summed E-state index contributed by atoms with van der Waals surface area (Å²) in [4.78, 5) is 4.49. The zero-order valence-electron chi connectivity index (χ0n) is 26.1. The molecule has 3 nitrogen and oxygen atoms in total. The number of alkyl halides is 5. The summed E-state index contributed by atoms with van der Waals surface area (Å²) in [6.07, 6.45) is 0.843. The van der Waals surface area contributed by atoms with Crippen LogP contribution in [0.25, 0.3) is 22.4 Å². The van der Waals surface area contributed by atoms with Crippen LogP contribution in [0.2, 0.25) is 0 Å². The molecule has 1 aromatic heterocycles. The lowest BCUT2D eigenvalue weighted by atomic mass is 9.77. The minimum Gasteiger partial charge on any atom is -0.429 e. The predicted octanol–water partition coefficient (Wildman–Crippen LogP) is 12.0. The molecule has 0 aliphatic heterocycles. The van der Waals surface area contributed by atoms with E-state index in [1.54, 1.807) is 12.3 Å². The largest absolute Gasteiger partial charge is 0.573 e. The summed E-state index contributed by atoms with van der Waals surface area (Å²) in [6.45, 7) is 2.19. The fourth-order valence-electron chi connectivity index (χ4n) is 6.21. The number of pyridine rings is 1. The van der Waals surface area contributed by atoms with Gasteiger partial charge in [-0.2, -0.15) is 8.78 Å². The van der Waals surface area contributed by atoms with Gasteiger partial charge in [0.05, 0.1) is 5.69 Å². The van der Waals surface area contributed by atoms with E-state index in [0.717, 1.165) is 30.4 Å². The number of nitrogens with zero attached hydrogens (tertiary/aromatic N) is 1. The van der Waals surface area contributed by atoms with Crippen molar-refractivity contribution < 1.29 is 53.4 Å². The number of hydrogen-bond donors (Lipinski definition) is 0. The first-order chi connectivity index (χ1) is 23.1. The van der Waals surface area contributed by atoms with E-state index < -0.39 is 64.2 Å². The summed E-state index contributed by atoms with van der Waals surface area (Å²) in [6, 6.07) is 8.15. The van der Waals surface area contributed by atoms with Crippen LogP contribution in [0.3, 0.4) is 0 Å². The van der Waals surface area contributed by atoms with Crippen LogP contribution < -0.4 is 9.47 Å². The minimum atomic E-state index is -5.50. The third-order valence-electron chi connectivity index (χ3n) is 8.67. The molecule has 13 heteroatoms. The number of unbranched alkanes of at least 4 members (excludes halogenated alkanes) is 2. The van der Waals surface area contributed by atoms with E-state index in [-0.39, 0.29) is 17.7 Å². The van der Waals surface area contributed by atoms with Crippen molar-refractivity contribution in [1.29, 1.82) is 0 Å². The van der Waals surface area contributed by atoms with Gasteiger partial charge in [-0.25, -0.2) is 22.0 Å². The van der Waals surface area contributed by atoms with Gasteiger partial charge in [0.15, 0.2) is 11.6 Å². The second kappa shape index (κ2) is 14.7. The molecule has 262 valence electrons. The normalized spacial score (nSPS) is 16.9. The molecule has 1 fully saturated rings. The van der Waals surface area contributed by atoms with E-state index in [0.29, 0.717) is 29.3 Å². The lowest BCUT2D eigenvalue weighted by molar-refractivity contribution is -0.276. The summed E-state index contributed by atoms with van der Waals surface area (Å²) < 4.78 is 147. The first-order valence-electron chi connectivity index (χ1n) is 15.7. The second-order valence-corrected chi connectivity index (χ2v) is 12.1. The molecule has 0 saturated heterocycles. The van der Waals surface area contributed by atoms with Crippen molar-refractivity contribution in [3.8, 4) is 33.9 Å². The number of ether oxygens (including phenoxy) is 2. The first-order valence-corrected chi connectivity index (χ1v) is 15.7. The van der Waals surface area contributed by atoms with Crippen LogP contribution in [-0.2, 0) is 6.11 Å². The Morgan fingerprint density at radius 1 is 0.694 bits per heavy atom. The summed E-state index contributed by atoms with van der Waals surface area (Å²) in [5.74, 6) is -11.0. The van der Waals surface area contributed by atoms with Gasteiger partial charge in [0.1, 0.15) is 28.8 Å². The Morgan fingerprint density at radius 2 is 1.33 bits per heavy atom. The SMILES string of the molecule is CCCCCC1CCC(c2ccc(-c3ccc(-c4cc(F)c(C(F)(F)Oc5cc(F)c(OC(F)(F)F)c(F)c5)c(F)c4)c(F)c3)nc2)CC1. The molecule has 0 radical (unpaired) electrons. The minimum absolute atomic E-state index is 0.0813. The van der Waals surface area contributed by atoms with E-state index in [9.17, 15) is 39.5 Å². The lowest BCUT2D eigenvalue weighted by Gasteiger charge is -2.28. The van der Waals surface area contributed by atoms with E-state index >= 15 is 4.39 Å². The maximum absolute atomic E-state index is 15.2. The molecule has 0 N–H and O–H groups in total.